The number of hydrogen-bond acceptors (Lipinski definition) is 4. The van der Waals surface area contributed by atoms with Gasteiger partial charge in [0.2, 0.25) is 5.91 Å². The summed E-state index contributed by atoms with van der Waals surface area (Å²) in [5.41, 5.74) is 1.81. The Balaban J connectivity index is 1.36. The maximum Gasteiger partial charge on any atom is 0.252 e. The Bertz CT molecular complexity index is 713. The summed E-state index contributed by atoms with van der Waals surface area (Å²) >= 11 is 0. The number of nitrogens with one attached hydrogen (secondary N) is 1. The largest absolute Gasteiger partial charge is 0.351 e. The number of benzene rings is 1. The second-order valence-electron chi connectivity index (χ2n) is 6.39. The Morgan fingerprint density at radius 2 is 1.77 bits per heavy atom. The van der Waals surface area contributed by atoms with Crippen LogP contribution in [-0.4, -0.2) is 59.3 Å². The molecule has 0 radical (unpaired) electrons. The Labute approximate surface area is 153 Å². The molecule has 0 spiro atoms. The molecule has 0 unspecified atom stereocenters. The molecule has 0 saturated carbocycles. The summed E-state index contributed by atoms with van der Waals surface area (Å²) in [6.07, 6.45) is 3.46. The number of rotatable bonds is 6. The molecule has 2 heterocycles. The van der Waals surface area contributed by atoms with Crippen molar-refractivity contribution in [1.82, 2.24) is 20.1 Å². The highest BCUT2D eigenvalue weighted by atomic mass is 16.2. The van der Waals surface area contributed by atoms with Crippen LogP contribution in [0.2, 0.25) is 0 Å². The fraction of sp³-hybridized carbons (Fsp3) is 0.350. The molecule has 136 valence electrons. The van der Waals surface area contributed by atoms with Crippen molar-refractivity contribution in [3.8, 4) is 0 Å². The van der Waals surface area contributed by atoms with E-state index >= 15 is 0 Å². The molecule has 2 amide bonds. The Kier molecular flexibility index (Phi) is 6.33. The summed E-state index contributed by atoms with van der Waals surface area (Å²) in [6.45, 7) is 4.50. The van der Waals surface area contributed by atoms with Crippen molar-refractivity contribution in [3.05, 3.63) is 66.0 Å². The van der Waals surface area contributed by atoms with Gasteiger partial charge in [0, 0.05) is 58.1 Å². The third kappa shape index (κ3) is 5.13. The summed E-state index contributed by atoms with van der Waals surface area (Å²) in [5, 5.41) is 2.77. The van der Waals surface area contributed by atoms with E-state index in [4.69, 9.17) is 0 Å². The molecular formula is C20H24N4O2. The van der Waals surface area contributed by atoms with E-state index in [1.54, 1.807) is 18.3 Å². The molecule has 3 rings (SSSR count). The van der Waals surface area contributed by atoms with Crippen molar-refractivity contribution >= 4 is 11.8 Å². The van der Waals surface area contributed by atoms with Crippen LogP contribution in [0.4, 0.5) is 0 Å². The first-order chi connectivity index (χ1) is 12.7. The van der Waals surface area contributed by atoms with Gasteiger partial charge in [-0.15, -0.1) is 0 Å². The van der Waals surface area contributed by atoms with E-state index in [-0.39, 0.29) is 11.8 Å². The lowest BCUT2D eigenvalue weighted by atomic mass is 10.2. The minimum Gasteiger partial charge on any atom is -0.351 e. The van der Waals surface area contributed by atoms with Gasteiger partial charge in [0.05, 0.1) is 5.56 Å². The maximum atomic E-state index is 12.3. The van der Waals surface area contributed by atoms with Crippen LogP contribution in [0.1, 0.15) is 22.3 Å². The maximum absolute atomic E-state index is 12.3. The van der Waals surface area contributed by atoms with Crippen LogP contribution in [-0.2, 0) is 11.3 Å². The monoisotopic (exact) mass is 352 g/mol. The van der Waals surface area contributed by atoms with Gasteiger partial charge in [-0.2, -0.15) is 0 Å². The quantitative estimate of drug-likeness (QED) is 0.857. The van der Waals surface area contributed by atoms with Crippen LogP contribution in [0.25, 0.3) is 0 Å². The minimum atomic E-state index is -0.196. The molecule has 2 aromatic rings. The number of hydrogen-bond donors (Lipinski definition) is 1. The van der Waals surface area contributed by atoms with Crippen molar-refractivity contribution < 1.29 is 9.59 Å². The first-order valence-electron chi connectivity index (χ1n) is 8.94. The number of nitrogens with zero attached hydrogens (tertiary/aromatic N) is 3. The van der Waals surface area contributed by atoms with E-state index in [0.717, 1.165) is 32.7 Å². The van der Waals surface area contributed by atoms with Gasteiger partial charge in [0.15, 0.2) is 0 Å². The summed E-state index contributed by atoms with van der Waals surface area (Å²) in [5.74, 6) is -0.102. The molecule has 1 aromatic carbocycles. The molecule has 1 saturated heterocycles. The van der Waals surface area contributed by atoms with Crippen molar-refractivity contribution in [1.29, 1.82) is 0 Å². The van der Waals surface area contributed by atoms with Gasteiger partial charge < -0.3 is 10.2 Å². The lowest BCUT2D eigenvalue weighted by Crippen LogP contribution is -2.48. The molecule has 1 aromatic heterocycles. The highest BCUT2D eigenvalue weighted by molar-refractivity contribution is 5.94. The zero-order chi connectivity index (χ0) is 18.2. The number of carbonyl (C=O) groups excluding carboxylic acids is 2. The average molecular weight is 352 g/mol. The molecular weight excluding hydrogens is 328 g/mol. The summed E-state index contributed by atoms with van der Waals surface area (Å²) < 4.78 is 0. The van der Waals surface area contributed by atoms with Crippen molar-refractivity contribution in [2.24, 2.45) is 0 Å². The average Bonchev–Trinajstić information content (AvgIpc) is 2.70. The van der Waals surface area contributed by atoms with Gasteiger partial charge in [-0.1, -0.05) is 30.3 Å². The number of aromatic nitrogens is 1. The molecule has 6 heteroatoms. The number of piperazine rings is 1. The van der Waals surface area contributed by atoms with Crippen LogP contribution in [0.5, 0.6) is 0 Å². The summed E-state index contributed by atoms with van der Waals surface area (Å²) in [4.78, 5) is 32.4. The van der Waals surface area contributed by atoms with Gasteiger partial charge in [-0.3, -0.25) is 19.5 Å². The molecule has 6 nitrogen and oxygen atoms in total. The number of amides is 2. The van der Waals surface area contributed by atoms with Crippen LogP contribution in [0.15, 0.2) is 54.9 Å². The molecule has 0 bridgehead atoms. The zero-order valence-corrected chi connectivity index (χ0v) is 14.8. The fourth-order valence-corrected chi connectivity index (χ4v) is 3.04. The molecule has 0 atom stereocenters. The molecule has 1 aliphatic rings. The first kappa shape index (κ1) is 18.1. The third-order valence-corrected chi connectivity index (χ3v) is 4.52. The molecule has 1 fully saturated rings. The van der Waals surface area contributed by atoms with E-state index in [2.05, 4.69) is 39.5 Å². The predicted molar refractivity (Wildman–Crippen MR) is 99.5 cm³/mol. The van der Waals surface area contributed by atoms with Gasteiger partial charge >= 0.3 is 0 Å². The van der Waals surface area contributed by atoms with Gasteiger partial charge in [0.25, 0.3) is 5.91 Å². The topological polar surface area (TPSA) is 65.5 Å². The molecule has 0 aliphatic carbocycles. The van der Waals surface area contributed by atoms with E-state index in [1.807, 2.05) is 11.0 Å². The van der Waals surface area contributed by atoms with Crippen molar-refractivity contribution in [3.63, 3.8) is 0 Å². The second-order valence-corrected chi connectivity index (χ2v) is 6.39. The standard InChI is InChI=1S/C20H24N4O2/c25-19(8-10-22-20(26)18-7-4-9-21-15-18)24-13-11-23(12-14-24)16-17-5-2-1-3-6-17/h1-7,9,15H,8,10-14,16H2,(H,22,26). The van der Waals surface area contributed by atoms with E-state index in [1.165, 1.54) is 11.8 Å². The van der Waals surface area contributed by atoms with Crippen LogP contribution < -0.4 is 5.32 Å². The summed E-state index contributed by atoms with van der Waals surface area (Å²) in [6, 6.07) is 13.8. The Morgan fingerprint density at radius 1 is 1.00 bits per heavy atom. The van der Waals surface area contributed by atoms with Crippen LogP contribution >= 0.6 is 0 Å². The highest BCUT2D eigenvalue weighted by Gasteiger charge is 2.20. The van der Waals surface area contributed by atoms with Gasteiger partial charge in [-0.05, 0) is 17.7 Å². The fourth-order valence-electron chi connectivity index (χ4n) is 3.04. The SMILES string of the molecule is O=C(NCCC(=O)N1CCN(Cc2ccccc2)CC1)c1cccnc1. The number of carbonyl (C=O) groups is 2. The van der Waals surface area contributed by atoms with Crippen LogP contribution in [0.3, 0.4) is 0 Å². The smallest absolute Gasteiger partial charge is 0.252 e. The molecule has 1 N–H and O–H groups in total. The Morgan fingerprint density at radius 3 is 2.46 bits per heavy atom. The normalized spacial score (nSPS) is 14.8. The molecule has 1 aliphatic heterocycles. The number of pyridine rings is 1. The van der Waals surface area contributed by atoms with Gasteiger partial charge in [0.1, 0.15) is 0 Å². The minimum absolute atomic E-state index is 0.0934. The summed E-state index contributed by atoms with van der Waals surface area (Å²) in [7, 11) is 0. The second kappa shape index (κ2) is 9.10. The lowest BCUT2D eigenvalue weighted by molar-refractivity contribution is -0.132. The predicted octanol–water partition coefficient (Wildman–Crippen LogP) is 1.55. The Hall–Kier alpha value is -2.73. The van der Waals surface area contributed by atoms with Crippen molar-refractivity contribution in [2.45, 2.75) is 13.0 Å². The third-order valence-electron chi connectivity index (χ3n) is 4.52. The van der Waals surface area contributed by atoms with E-state index in [9.17, 15) is 9.59 Å². The van der Waals surface area contributed by atoms with Crippen molar-refractivity contribution in [2.75, 3.05) is 32.7 Å². The van der Waals surface area contributed by atoms with E-state index < -0.39 is 0 Å². The first-order valence-corrected chi connectivity index (χ1v) is 8.94. The van der Waals surface area contributed by atoms with Crippen LogP contribution in [0, 0.1) is 0 Å². The molecule has 26 heavy (non-hydrogen) atoms. The highest BCUT2D eigenvalue weighted by Crippen LogP contribution is 2.09. The lowest BCUT2D eigenvalue weighted by Gasteiger charge is -2.34. The zero-order valence-electron chi connectivity index (χ0n) is 14.8. The van der Waals surface area contributed by atoms with Gasteiger partial charge in [-0.25, -0.2) is 0 Å². The van der Waals surface area contributed by atoms with E-state index in [0.29, 0.717) is 18.5 Å².